The lowest BCUT2D eigenvalue weighted by Gasteiger charge is -2.27. The van der Waals surface area contributed by atoms with Crippen molar-refractivity contribution >= 4 is 11.6 Å². The molecule has 1 aliphatic rings. The molecule has 5 heteroatoms. The fraction of sp³-hybridized carbons (Fsp3) is 0.375. The highest BCUT2D eigenvalue weighted by Gasteiger charge is 2.16. The van der Waals surface area contributed by atoms with E-state index in [1.54, 1.807) is 10.9 Å². The van der Waals surface area contributed by atoms with Crippen molar-refractivity contribution in [3.05, 3.63) is 42.7 Å². The van der Waals surface area contributed by atoms with Crippen LogP contribution in [0.3, 0.4) is 0 Å². The van der Waals surface area contributed by atoms with E-state index in [2.05, 4.69) is 10.4 Å². The zero-order valence-electron chi connectivity index (χ0n) is 12.0. The maximum atomic E-state index is 12.2. The maximum Gasteiger partial charge on any atom is 0.241 e. The van der Waals surface area contributed by atoms with Crippen LogP contribution >= 0.6 is 0 Å². The lowest BCUT2D eigenvalue weighted by atomic mass is 10.1. The molecule has 1 fully saturated rings. The molecule has 2 heterocycles. The number of likely N-dealkylation sites (tertiary alicyclic amines) is 1. The number of piperidine rings is 1. The van der Waals surface area contributed by atoms with Gasteiger partial charge >= 0.3 is 0 Å². The third-order valence-corrected chi connectivity index (χ3v) is 3.79. The Labute approximate surface area is 124 Å². The van der Waals surface area contributed by atoms with Crippen molar-refractivity contribution < 1.29 is 4.79 Å². The molecule has 110 valence electrons. The van der Waals surface area contributed by atoms with Gasteiger partial charge in [0.05, 0.1) is 17.9 Å². The van der Waals surface area contributed by atoms with E-state index >= 15 is 0 Å². The first-order valence-electron chi connectivity index (χ1n) is 7.45. The quantitative estimate of drug-likeness (QED) is 0.937. The molecule has 1 aromatic carbocycles. The minimum atomic E-state index is 0.171. The van der Waals surface area contributed by atoms with Crippen LogP contribution in [0.15, 0.2) is 42.7 Å². The number of aromatic nitrogens is 2. The number of para-hydroxylation sites is 2. The van der Waals surface area contributed by atoms with Gasteiger partial charge in [-0.1, -0.05) is 12.1 Å². The summed E-state index contributed by atoms with van der Waals surface area (Å²) in [6.07, 6.45) is 7.12. The van der Waals surface area contributed by atoms with Crippen LogP contribution in [0.25, 0.3) is 5.69 Å². The molecule has 2 aromatic rings. The monoisotopic (exact) mass is 284 g/mol. The van der Waals surface area contributed by atoms with Crippen molar-refractivity contribution in [3.63, 3.8) is 0 Å². The van der Waals surface area contributed by atoms with Crippen LogP contribution in [0, 0.1) is 0 Å². The number of carbonyl (C=O) groups excluding carboxylic acids is 1. The van der Waals surface area contributed by atoms with Crippen molar-refractivity contribution in [1.82, 2.24) is 14.7 Å². The second-order valence-electron chi connectivity index (χ2n) is 5.26. The van der Waals surface area contributed by atoms with Crippen LogP contribution in [0.1, 0.15) is 19.3 Å². The standard InChI is InChI=1S/C16H20N4O/c21-16(19-10-4-1-5-11-19)13-17-14-7-2-3-8-15(14)20-12-6-9-18-20/h2-3,6-9,12,17H,1,4-5,10-11,13H2. The molecular weight excluding hydrogens is 264 g/mol. The van der Waals surface area contributed by atoms with E-state index in [0.717, 1.165) is 37.3 Å². The van der Waals surface area contributed by atoms with E-state index in [1.165, 1.54) is 6.42 Å². The highest BCUT2D eigenvalue weighted by molar-refractivity contribution is 5.81. The summed E-state index contributed by atoms with van der Waals surface area (Å²) >= 11 is 0. The minimum Gasteiger partial charge on any atom is -0.374 e. The number of nitrogens with one attached hydrogen (secondary N) is 1. The second-order valence-corrected chi connectivity index (χ2v) is 5.26. The van der Waals surface area contributed by atoms with Crippen LogP contribution in [-0.4, -0.2) is 40.2 Å². The molecule has 3 rings (SSSR count). The highest BCUT2D eigenvalue weighted by Crippen LogP contribution is 2.19. The largest absolute Gasteiger partial charge is 0.374 e. The van der Waals surface area contributed by atoms with E-state index in [1.807, 2.05) is 41.4 Å². The third kappa shape index (κ3) is 3.24. The second kappa shape index (κ2) is 6.43. The van der Waals surface area contributed by atoms with Crippen LogP contribution in [-0.2, 0) is 4.79 Å². The minimum absolute atomic E-state index is 0.171. The number of carbonyl (C=O) groups is 1. The van der Waals surface area contributed by atoms with Crippen LogP contribution in [0.5, 0.6) is 0 Å². The molecule has 1 aliphatic heterocycles. The normalized spacial score (nSPS) is 15.0. The van der Waals surface area contributed by atoms with Crippen molar-refractivity contribution in [2.24, 2.45) is 0 Å². The van der Waals surface area contributed by atoms with Gasteiger partial charge < -0.3 is 10.2 Å². The Balaban J connectivity index is 1.66. The summed E-state index contributed by atoms with van der Waals surface area (Å²) in [7, 11) is 0. The zero-order chi connectivity index (χ0) is 14.5. The Kier molecular flexibility index (Phi) is 4.19. The molecule has 21 heavy (non-hydrogen) atoms. The van der Waals surface area contributed by atoms with Gasteiger partial charge in [-0.05, 0) is 37.5 Å². The van der Waals surface area contributed by atoms with Gasteiger partial charge in [-0.15, -0.1) is 0 Å². The summed E-state index contributed by atoms with van der Waals surface area (Å²) in [5.74, 6) is 0.171. The molecule has 0 atom stereocenters. The average Bonchev–Trinajstić information content (AvgIpc) is 3.08. The van der Waals surface area contributed by atoms with Gasteiger partial charge in [0, 0.05) is 25.5 Å². The third-order valence-electron chi connectivity index (χ3n) is 3.79. The van der Waals surface area contributed by atoms with E-state index in [0.29, 0.717) is 6.54 Å². The maximum absolute atomic E-state index is 12.2. The Morgan fingerprint density at radius 3 is 2.71 bits per heavy atom. The van der Waals surface area contributed by atoms with Crippen molar-refractivity contribution in [2.45, 2.75) is 19.3 Å². The predicted molar refractivity (Wildman–Crippen MR) is 82.5 cm³/mol. The van der Waals surface area contributed by atoms with Crippen LogP contribution in [0.4, 0.5) is 5.69 Å². The van der Waals surface area contributed by atoms with Gasteiger partial charge in [-0.3, -0.25) is 4.79 Å². The number of nitrogens with zero attached hydrogens (tertiary/aromatic N) is 3. The fourth-order valence-electron chi connectivity index (χ4n) is 2.66. The Morgan fingerprint density at radius 2 is 1.95 bits per heavy atom. The highest BCUT2D eigenvalue weighted by atomic mass is 16.2. The summed E-state index contributed by atoms with van der Waals surface area (Å²) in [5, 5.41) is 7.49. The zero-order valence-corrected chi connectivity index (χ0v) is 12.0. The Hall–Kier alpha value is -2.30. The average molecular weight is 284 g/mol. The van der Waals surface area contributed by atoms with Gasteiger partial charge in [0.15, 0.2) is 0 Å². The molecule has 0 aliphatic carbocycles. The topological polar surface area (TPSA) is 50.2 Å². The molecule has 0 unspecified atom stereocenters. The van der Waals surface area contributed by atoms with Crippen molar-refractivity contribution in [3.8, 4) is 5.69 Å². The summed E-state index contributed by atoms with van der Waals surface area (Å²) < 4.78 is 1.80. The molecule has 1 amide bonds. The Bertz CT molecular complexity index is 588. The molecule has 1 N–H and O–H groups in total. The first-order chi connectivity index (χ1) is 10.3. The molecule has 0 bridgehead atoms. The van der Waals surface area contributed by atoms with E-state index < -0.39 is 0 Å². The van der Waals surface area contributed by atoms with E-state index in [-0.39, 0.29) is 5.91 Å². The molecule has 0 saturated carbocycles. The van der Waals surface area contributed by atoms with Crippen molar-refractivity contribution in [2.75, 3.05) is 25.0 Å². The smallest absolute Gasteiger partial charge is 0.241 e. The SMILES string of the molecule is O=C(CNc1ccccc1-n1cccn1)N1CCCCC1. The number of hydrogen-bond donors (Lipinski definition) is 1. The van der Waals surface area contributed by atoms with Crippen LogP contribution < -0.4 is 5.32 Å². The van der Waals surface area contributed by atoms with Gasteiger partial charge in [0.1, 0.15) is 0 Å². The summed E-state index contributed by atoms with van der Waals surface area (Å²) in [4.78, 5) is 14.2. The lowest BCUT2D eigenvalue weighted by molar-refractivity contribution is -0.130. The number of amides is 1. The molecule has 0 radical (unpaired) electrons. The summed E-state index contributed by atoms with van der Waals surface area (Å²) in [5.41, 5.74) is 1.88. The molecule has 5 nitrogen and oxygen atoms in total. The van der Waals surface area contributed by atoms with E-state index in [4.69, 9.17) is 0 Å². The first kappa shape index (κ1) is 13.7. The molecule has 0 spiro atoms. The van der Waals surface area contributed by atoms with Gasteiger partial charge in [-0.2, -0.15) is 5.10 Å². The van der Waals surface area contributed by atoms with Gasteiger partial charge in [-0.25, -0.2) is 4.68 Å². The van der Waals surface area contributed by atoms with Gasteiger partial charge in [0.25, 0.3) is 0 Å². The first-order valence-corrected chi connectivity index (χ1v) is 7.45. The number of anilines is 1. The number of rotatable bonds is 4. The van der Waals surface area contributed by atoms with E-state index in [9.17, 15) is 4.79 Å². The van der Waals surface area contributed by atoms with Crippen molar-refractivity contribution in [1.29, 1.82) is 0 Å². The predicted octanol–water partition coefficient (Wildman–Crippen LogP) is 2.30. The molecule has 1 aromatic heterocycles. The number of benzene rings is 1. The Morgan fingerprint density at radius 1 is 1.14 bits per heavy atom. The van der Waals surface area contributed by atoms with Gasteiger partial charge in [0.2, 0.25) is 5.91 Å². The summed E-state index contributed by atoms with van der Waals surface area (Å²) in [6, 6.07) is 9.77. The number of hydrogen-bond acceptors (Lipinski definition) is 3. The molecular formula is C16H20N4O. The molecule has 1 saturated heterocycles. The summed E-state index contributed by atoms with van der Waals surface area (Å²) in [6.45, 7) is 2.11. The fourth-order valence-corrected chi connectivity index (χ4v) is 2.66. The lowest BCUT2D eigenvalue weighted by Crippen LogP contribution is -2.39. The van der Waals surface area contributed by atoms with Crippen LogP contribution in [0.2, 0.25) is 0 Å².